The number of nitrogens with zero attached hydrogens (tertiary/aromatic N) is 4. The lowest BCUT2D eigenvalue weighted by atomic mass is 10.1. The molecular weight excluding hydrogens is 372 g/mol. The fourth-order valence-electron chi connectivity index (χ4n) is 3.24. The smallest absolute Gasteiger partial charge is 0.432 e. The molecule has 0 saturated carbocycles. The molecule has 4 rings (SSSR count). The van der Waals surface area contributed by atoms with Gasteiger partial charge in [0.15, 0.2) is 0 Å². The Morgan fingerprint density at radius 2 is 2.26 bits per heavy atom. The monoisotopic (exact) mass is 384 g/mol. The largest absolute Gasteiger partial charge is 0.484 e. The van der Waals surface area contributed by atoms with Gasteiger partial charge in [0.05, 0.1) is 29.3 Å². The third-order valence-corrected chi connectivity index (χ3v) is 4.75. The molecular formula is C18H13ClN4O4. The first-order valence-electron chi connectivity index (χ1n) is 8.08. The molecule has 136 valence electrons. The molecule has 9 heteroatoms. The first kappa shape index (κ1) is 17.1. The van der Waals surface area contributed by atoms with Crippen LogP contribution in [0.1, 0.15) is 29.3 Å². The normalized spacial score (nSPS) is 15.4. The van der Waals surface area contributed by atoms with Crippen molar-refractivity contribution in [3.63, 3.8) is 0 Å². The molecule has 3 aromatic rings. The molecule has 8 nitrogen and oxygen atoms in total. The molecule has 0 fully saturated rings. The molecule has 1 aliphatic rings. The summed E-state index contributed by atoms with van der Waals surface area (Å²) in [5, 5.41) is 22.9. The van der Waals surface area contributed by atoms with E-state index in [4.69, 9.17) is 26.3 Å². The number of aryl methyl sites for hydroxylation is 1. The molecule has 1 atom stereocenters. The van der Waals surface area contributed by atoms with Gasteiger partial charge in [-0.15, -0.1) is 5.10 Å². The van der Waals surface area contributed by atoms with E-state index in [1.807, 2.05) is 6.07 Å². The first-order valence-corrected chi connectivity index (χ1v) is 8.45. The Balaban J connectivity index is 1.69. The summed E-state index contributed by atoms with van der Waals surface area (Å²) >= 11 is 6.05. The highest BCUT2D eigenvalue weighted by Crippen LogP contribution is 2.37. The number of methoxy groups -OCH3 is 1. The fraction of sp³-hybridized carbons (Fsp3) is 0.222. The number of hydrogen-bond donors (Lipinski definition) is 1. The van der Waals surface area contributed by atoms with Gasteiger partial charge in [0, 0.05) is 0 Å². The molecule has 0 amide bonds. The van der Waals surface area contributed by atoms with Gasteiger partial charge in [-0.05, 0) is 42.7 Å². The molecule has 0 radical (unpaired) electrons. The van der Waals surface area contributed by atoms with Crippen molar-refractivity contribution in [2.45, 2.75) is 18.9 Å². The van der Waals surface area contributed by atoms with Crippen LogP contribution in [0, 0.1) is 11.3 Å². The average Bonchev–Trinajstić information content (AvgIpc) is 3.22. The Morgan fingerprint density at radius 3 is 2.96 bits per heavy atom. The zero-order valence-electron chi connectivity index (χ0n) is 14.1. The number of ether oxygens (including phenoxy) is 2. The van der Waals surface area contributed by atoms with E-state index in [0.29, 0.717) is 34.3 Å². The van der Waals surface area contributed by atoms with Crippen LogP contribution in [-0.4, -0.2) is 33.1 Å². The van der Waals surface area contributed by atoms with Crippen LogP contribution < -0.4 is 9.47 Å². The Kier molecular flexibility index (Phi) is 4.09. The lowest BCUT2D eigenvalue weighted by Gasteiger charge is -2.14. The van der Waals surface area contributed by atoms with E-state index in [1.165, 1.54) is 7.11 Å². The summed E-state index contributed by atoms with van der Waals surface area (Å²) < 4.78 is 12.1. The highest BCUT2D eigenvalue weighted by atomic mass is 35.5. The van der Waals surface area contributed by atoms with E-state index in [-0.39, 0.29) is 17.1 Å². The van der Waals surface area contributed by atoms with Crippen LogP contribution >= 0.6 is 11.6 Å². The quantitative estimate of drug-likeness (QED) is 0.687. The maximum atomic E-state index is 11.3. The predicted octanol–water partition coefficient (Wildman–Crippen LogP) is 3.56. The van der Waals surface area contributed by atoms with E-state index < -0.39 is 6.09 Å². The van der Waals surface area contributed by atoms with E-state index in [2.05, 4.69) is 10.1 Å². The zero-order chi connectivity index (χ0) is 19.1. The topological polar surface area (TPSA) is 110 Å². The molecule has 2 heterocycles. The van der Waals surface area contributed by atoms with Gasteiger partial charge >= 0.3 is 6.09 Å². The van der Waals surface area contributed by atoms with Gasteiger partial charge in [-0.3, -0.25) is 0 Å². The number of pyridine rings is 1. The molecule has 0 saturated heterocycles. The minimum atomic E-state index is -1.20. The summed E-state index contributed by atoms with van der Waals surface area (Å²) in [4.78, 5) is 15.6. The van der Waals surface area contributed by atoms with Gasteiger partial charge in [-0.1, -0.05) is 11.6 Å². The van der Waals surface area contributed by atoms with E-state index in [1.54, 1.807) is 24.3 Å². The lowest BCUT2D eigenvalue weighted by Crippen LogP contribution is -2.09. The van der Waals surface area contributed by atoms with E-state index in [9.17, 15) is 9.90 Å². The van der Waals surface area contributed by atoms with Crippen molar-refractivity contribution in [3.8, 4) is 17.7 Å². The second kappa shape index (κ2) is 6.45. The maximum absolute atomic E-state index is 11.3. The average molecular weight is 385 g/mol. The molecule has 0 spiro atoms. The van der Waals surface area contributed by atoms with Gasteiger partial charge in [0.25, 0.3) is 0 Å². The van der Waals surface area contributed by atoms with Crippen molar-refractivity contribution >= 4 is 28.6 Å². The molecule has 27 heavy (non-hydrogen) atoms. The van der Waals surface area contributed by atoms with E-state index >= 15 is 0 Å². The van der Waals surface area contributed by atoms with Crippen LogP contribution in [0.3, 0.4) is 0 Å². The molecule has 1 unspecified atom stereocenters. The van der Waals surface area contributed by atoms with Crippen molar-refractivity contribution in [1.29, 1.82) is 5.26 Å². The Labute approximate surface area is 158 Å². The van der Waals surface area contributed by atoms with Crippen LogP contribution in [0.25, 0.3) is 10.9 Å². The number of halogens is 1. The van der Waals surface area contributed by atoms with Crippen molar-refractivity contribution in [1.82, 2.24) is 14.8 Å². The summed E-state index contributed by atoms with van der Waals surface area (Å²) in [5.41, 5.74) is 2.41. The number of hydrogen-bond acceptors (Lipinski definition) is 6. The number of benzene rings is 1. The van der Waals surface area contributed by atoms with Crippen molar-refractivity contribution in [2.24, 2.45) is 0 Å². The van der Waals surface area contributed by atoms with Crippen LogP contribution in [0.15, 0.2) is 24.3 Å². The van der Waals surface area contributed by atoms with Crippen molar-refractivity contribution in [2.75, 3.05) is 7.11 Å². The number of fused-ring (bicyclic) bond motifs is 2. The molecule has 0 aliphatic heterocycles. The molecule has 0 bridgehead atoms. The highest BCUT2D eigenvalue weighted by Gasteiger charge is 2.28. The highest BCUT2D eigenvalue weighted by molar-refractivity contribution is 6.30. The second-order valence-corrected chi connectivity index (χ2v) is 6.37. The lowest BCUT2D eigenvalue weighted by molar-refractivity contribution is 0.193. The van der Waals surface area contributed by atoms with Gasteiger partial charge in [0.1, 0.15) is 23.1 Å². The van der Waals surface area contributed by atoms with Gasteiger partial charge in [0.2, 0.25) is 5.88 Å². The fourth-order valence-corrected chi connectivity index (χ4v) is 3.43. The van der Waals surface area contributed by atoms with Crippen LogP contribution in [0.5, 0.6) is 11.6 Å². The molecule has 1 N–H and O–H groups in total. The van der Waals surface area contributed by atoms with Crippen LogP contribution in [0.4, 0.5) is 4.79 Å². The summed E-state index contributed by atoms with van der Waals surface area (Å²) in [7, 11) is 1.42. The number of carbonyl (C=O) groups is 1. The SMILES string of the molecule is COc1nn(C(=O)O)c2ccc(OC3CCc4cc(C#N)c(Cl)nc43)cc12. The maximum Gasteiger partial charge on any atom is 0.432 e. The van der Waals surface area contributed by atoms with Gasteiger partial charge in [-0.25, -0.2) is 9.78 Å². The Morgan fingerprint density at radius 1 is 1.44 bits per heavy atom. The third-order valence-electron chi connectivity index (χ3n) is 4.46. The third kappa shape index (κ3) is 2.82. The van der Waals surface area contributed by atoms with Crippen LogP contribution in [-0.2, 0) is 6.42 Å². The number of rotatable bonds is 3. The van der Waals surface area contributed by atoms with Gasteiger partial charge in [-0.2, -0.15) is 9.94 Å². The first-order chi connectivity index (χ1) is 13.0. The van der Waals surface area contributed by atoms with Gasteiger partial charge < -0.3 is 14.6 Å². The standard InChI is InChI=1S/C18H13ClN4O4/c1-26-17-12-7-11(3-4-13(12)23(22-17)18(24)25)27-14-5-2-9-6-10(8-20)16(19)21-15(9)14/h3-4,6-7,14H,2,5H2,1H3,(H,24,25). The number of carboxylic acid groups (broad SMARTS) is 1. The molecule has 1 aliphatic carbocycles. The van der Waals surface area contributed by atoms with Crippen molar-refractivity contribution < 1.29 is 19.4 Å². The Hall–Kier alpha value is -3.31. The summed E-state index contributed by atoms with van der Waals surface area (Å²) in [6, 6.07) is 8.75. The Bertz CT molecular complexity index is 1120. The van der Waals surface area contributed by atoms with E-state index in [0.717, 1.165) is 16.7 Å². The van der Waals surface area contributed by atoms with Crippen molar-refractivity contribution in [3.05, 3.63) is 46.2 Å². The predicted molar refractivity (Wildman–Crippen MR) is 95.4 cm³/mol. The zero-order valence-corrected chi connectivity index (χ0v) is 14.9. The molecule has 1 aromatic carbocycles. The second-order valence-electron chi connectivity index (χ2n) is 6.01. The summed E-state index contributed by atoms with van der Waals surface area (Å²) in [6.45, 7) is 0. The number of aromatic nitrogens is 3. The summed E-state index contributed by atoms with van der Waals surface area (Å²) in [6.07, 6.45) is -0.0598. The summed E-state index contributed by atoms with van der Waals surface area (Å²) in [5.74, 6) is 0.732. The molecule has 2 aromatic heterocycles. The minimum Gasteiger partial charge on any atom is -0.484 e. The minimum absolute atomic E-state index is 0.159. The number of nitriles is 1. The van der Waals surface area contributed by atoms with Crippen LogP contribution in [0.2, 0.25) is 5.15 Å².